The molecule has 166 valence electrons. The molecule has 30 heavy (non-hydrogen) atoms. The lowest BCUT2D eigenvalue weighted by atomic mass is 9.94. The molecule has 5 atom stereocenters. The lowest BCUT2D eigenvalue weighted by molar-refractivity contribution is -0.150. The lowest BCUT2D eigenvalue weighted by Crippen LogP contribution is -2.56. The average molecular weight is 422 g/mol. The Bertz CT molecular complexity index is 775. The van der Waals surface area contributed by atoms with Crippen LogP contribution in [0.4, 0.5) is 5.69 Å². The molecule has 0 spiro atoms. The van der Waals surface area contributed by atoms with Crippen molar-refractivity contribution >= 4 is 17.5 Å². The number of hydrogen-bond acceptors (Lipinski definition) is 7. The predicted molar refractivity (Wildman–Crippen MR) is 110 cm³/mol. The van der Waals surface area contributed by atoms with E-state index in [2.05, 4.69) is 10.6 Å². The van der Waals surface area contributed by atoms with Gasteiger partial charge in [-0.1, -0.05) is 45.1 Å². The Balaban J connectivity index is 2.03. The smallest absolute Gasteiger partial charge is 0.252 e. The summed E-state index contributed by atoms with van der Waals surface area (Å²) in [6.07, 6.45) is -3.31. The van der Waals surface area contributed by atoms with E-state index in [0.29, 0.717) is 11.4 Å². The summed E-state index contributed by atoms with van der Waals surface area (Å²) in [4.78, 5) is 25.0. The fourth-order valence-electron chi connectivity index (χ4n) is 2.81. The van der Waals surface area contributed by atoms with Crippen LogP contribution in [0.2, 0.25) is 0 Å². The van der Waals surface area contributed by atoms with Crippen LogP contribution in [0.15, 0.2) is 36.4 Å². The molecule has 5 N–H and O–H groups in total. The number of aliphatic hydroxyl groups excluding tert-OH is 3. The molecule has 1 aliphatic rings. The number of amides is 2. The van der Waals surface area contributed by atoms with Gasteiger partial charge in [-0.05, 0) is 17.5 Å². The average Bonchev–Trinajstić information content (AvgIpc) is 2.84. The first-order valence-electron chi connectivity index (χ1n) is 9.63. The maximum atomic E-state index is 12.6. The summed E-state index contributed by atoms with van der Waals surface area (Å²) in [6.45, 7) is 5.59. The lowest BCUT2D eigenvalue weighted by Gasteiger charge is -2.28. The number of carbonyl (C=O) groups excluding carboxylic acids is 2. The molecule has 0 saturated heterocycles. The van der Waals surface area contributed by atoms with Crippen molar-refractivity contribution in [2.45, 2.75) is 51.2 Å². The molecule has 0 bridgehead atoms. The maximum Gasteiger partial charge on any atom is 0.252 e. The minimum Gasteiger partial charge on any atom is -0.489 e. The molecule has 1 heterocycles. The normalized spacial score (nSPS) is 20.9. The number of benzene rings is 1. The summed E-state index contributed by atoms with van der Waals surface area (Å²) < 4.78 is 10.6. The van der Waals surface area contributed by atoms with Gasteiger partial charge in [-0.25, -0.2) is 0 Å². The predicted octanol–water partition coefficient (Wildman–Crippen LogP) is 0.202. The van der Waals surface area contributed by atoms with E-state index >= 15 is 0 Å². The minimum absolute atomic E-state index is 0.124. The van der Waals surface area contributed by atoms with Crippen molar-refractivity contribution in [2.24, 2.45) is 5.41 Å². The zero-order valence-corrected chi connectivity index (χ0v) is 17.5. The number of fused-ring (bicyclic) bond motifs is 1. The summed E-state index contributed by atoms with van der Waals surface area (Å²) in [7, 11) is 1.18. The van der Waals surface area contributed by atoms with Gasteiger partial charge in [0, 0.05) is 7.11 Å². The van der Waals surface area contributed by atoms with Gasteiger partial charge >= 0.3 is 0 Å². The number of aliphatic hydroxyl groups is 3. The number of carbonyl (C=O) groups is 2. The van der Waals surface area contributed by atoms with Gasteiger partial charge < -0.3 is 35.4 Å². The van der Waals surface area contributed by atoms with E-state index in [1.807, 2.05) is 20.8 Å². The summed E-state index contributed by atoms with van der Waals surface area (Å²) >= 11 is 0. The van der Waals surface area contributed by atoms with E-state index in [1.165, 1.54) is 13.2 Å². The fraction of sp³-hybridized carbons (Fsp3) is 0.524. The van der Waals surface area contributed by atoms with Gasteiger partial charge in [-0.15, -0.1) is 0 Å². The largest absolute Gasteiger partial charge is 0.489 e. The highest BCUT2D eigenvalue weighted by molar-refractivity contribution is 5.99. The Morgan fingerprint density at radius 2 is 1.93 bits per heavy atom. The monoisotopic (exact) mass is 422 g/mol. The van der Waals surface area contributed by atoms with Crippen LogP contribution in [-0.4, -0.2) is 71.3 Å². The molecule has 0 radical (unpaired) electrons. The number of rotatable bonds is 7. The molecule has 2 amide bonds. The van der Waals surface area contributed by atoms with Crippen LogP contribution < -0.4 is 15.4 Å². The highest BCUT2D eigenvalue weighted by atomic mass is 16.5. The number of allylic oxidation sites excluding steroid dienone is 1. The van der Waals surface area contributed by atoms with Crippen LogP contribution >= 0.6 is 0 Å². The standard InChI is InChI=1S/C21H30N2O7/c1-21(2,3)10-9-14(24)16(25)17(26)18(29-4)20(28)23-13-11-30-15-8-6-5-7-12(15)22-19(13)27/h5-10,13-14,16-18,24-26H,11H2,1-4H3,(H,22,27)(H,23,28)/b10-9+/t13-,14+,16-,17+,18+/m0/s1. The van der Waals surface area contributed by atoms with Crippen LogP contribution in [0.25, 0.3) is 0 Å². The Hall–Kier alpha value is -2.46. The minimum atomic E-state index is -1.73. The van der Waals surface area contributed by atoms with Gasteiger partial charge in [0.1, 0.15) is 36.7 Å². The molecule has 9 nitrogen and oxygen atoms in total. The second-order valence-corrected chi connectivity index (χ2v) is 8.21. The molecule has 9 heteroatoms. The van der Waals surface area contributed by atoms with E-state index in [4.69, 9.17) is 9.47 Å². The molecule has 0 fully saturated rings. The fourth-order valence-corrected chi connectivity index (χ4v) is 2.81. The van der Waals surface area contributed by atoms with E-state index in [-0.39, 0.29) is 12.0 Å². The van der Waals surface area contributed by atoms with E-state index in [0.717, 1.165) is 0 Å². The highest BCUT2D eigenvalue weighted by Crippen LogP contribution is 2.26. The third-order valence-electron chi connectivity index (χ3n) is 4.50. The van der Waals surface area contributed by atoms with Crippen molar-refractivity contribution in [3.63, 3.8) is 0 Å². The van der Waals surface area contributed by atoms with Gasteiger partial charge in [0.2, 0.25) is 0 Å². The van der Waals surface area contributed by atoms with E-state index in [9.17, 15) is 24.9 Å². The number of ether oxygens (including phenoxy) is 2. The van der Waals surface area contributed by atoms with Gasteiger partial charge in [0.05, 0.1) is 5.69 Å². The maximum absolute atomic E-state index is 12.6. The second-order valence-electron chi connectivity index (χ2n) is 8.21. The quantitative estimate of drug-likeness (QED) is 0.396. The Morgan fingerprint density at radius 3 is 2.57 bits per heavy atom. The van der Waals surface area contributed by atoms with E-state index < -0.39 is 42.3 Å². The molecule has 1 aromatic rings. The summed E-state index contributed by atoms with van der Waals surface area (Å²) in [5, 5.41) is 35.8. The van der Waals surface area contributed by atoms with Crippen LogP contribution in [0, 0.1) is 5.41 Å². The first kappa shape index (κ1) is 23.8. The van der Waals surface area contributed by atoms with Crippen molar-refractivity contribution < 1.29 is 34.4 Å². The number of nitrogens with one attached hydrogen (secondary N) is 2. The topological polar surface area (TPSA) is 137 Å². The van der Waals surface area contributed by atoms with Crippen molar-refractivity contribution in [3.8, 4) is 5.75 Å². The first-order chi connectivity index (χ1) is 14.0. The molecule has 1 aromatic carbocycles. The SMILES string of the molecule is CO[C@@H](C(=O)N[C@H]1COc2ccccc2NC1=O)[C@H](O)[C@@H](O)[C@H](O)/C=C/C(C)(C)C. The van der Waals surface area contributed by atoms with Crippen LogP contribution in [0.1, 0.15) is 20.8 Å². The number of para-hydroxylation sites is 2. The molecule has 0 aliphatic carbocycles. The highest BCUT2D eigenvalue weighted by Gasteiger charge is 2.37. The third kappa shape index (κ3) is 6.27. The van der Waals surface area contributed by atoms with Crippen LogP contribution in [0.5, 0.6) is 5.75 Å². The first-order valence-corrected chi connectivity index (χ1v) is 9.63. The molecule has 0 saturated carbocycles. The van der Waals surface area contributed by atoms with Crippen molar-refractivity contribution in [3.05, 3.63) is 36.4 Å². The number of hydrogen-bond donors (Lipinski definition) is 5. The van der Waals surface area contributed by atoms with Crippen molar-refractivity contribution in [1.82, 2.24) is 5.32 Å². The molecule has 0 unspecified atom stereocenters. The summed E-state index contributed by atoms with van der Waals surface area (Å²) in [6, 6.07) is 5.80. The summed E-state index contributed by atoms with van der Waals surface area (Å²) in [5.41, 5.74) is 0.237. The number of anilines is 1. The van der Waals surface area contributed by atoms with Gasteiger partial charge in [-0.2, -0.15) is 0 Å². The van der Waals surface area contributed by atoms with Gasteiger partial charge in [-0.3, -0.25) is 9.59 Å². The molecule has 1 aliphatic heterocycles. The third-order valence-corrected chi connectivity index (χ3v) is 4.50. The molecular weight excluding hydrogens is 392 g/mol. The van der Waals surface area contributed by atoms with E-state index in [1.54, 1.807) is 30.3 Å². The van der Waals surface area contributed by atoms with Crippen molar-refractivity contribution in [1.29, 1.82) is 0 Å². The molecule has 0 aromatic heterocycles. The van der Waals surface area contributed by atoms with Gasteiger partial charge in [0.15, 0.2) is 6.10 Å². The van der Waals surface area contributed by atoms with Crippen LogP contribution in [-0.2, 0) is 14.3 Å². The van der Waals surface area contributed by atoms with Crippen molar-refractivity contribution in [2.75, 3.05) is 19.0 Å². The number of methoxy groups -OCH3 is 1. The van der Waals surface area contributed by atoms with Gasteiger partial charge in [0.25, 0.3) is 11.8 Å². The molecule has 2 rings (SSSR count). The Labute approximate surface area is 175 Å². The second kappa shape index (κ2) is 10.0. The Kier molecular flexibility index (Phi) is 7.96. The zero-order chi connectivity index (χ0) is 22.5. The van der Waals surface area contributed by atoms with Crippen LogP contribution in [0.3, 0.4) is 0 Å². The molecular formula is C21H30N2O7. The summed E-state index contributed by atoms with van der Waals surface area (Å²) in [5.74, 6) is -0.854. The Morgan fingerprint density at radius 1 is 1.27 bits per heavy atom. The zero-order valence-electron chi connectivity index (χ0n) is 17.5.